The van der Waals surface area contributed by atoms with E-state index in [1.807, 2.05) is 0 Å². The van der Waals surface area contributed by atoms with E-state index in [1.165, 1.54) is 37.5 Å². The van der Waals surface area contributed by atoms with Crippen LogP contribution >= 0.6 is 11.8 Å². The first kappa shape index (κ1) is 25.3. The Bertz CT molecular complexity index is 1420. The van der Waals surface area contributed by atoms with Crippen molar-refractivity contribution in [2.45, 2.75) is 0 Å². The van der Waals surface area contributed by atoms with Crippen molar-refractivity contribution < 1.29 is 43.3 Å². The predicted octanol–water partition coefficient (Wildman–Crippen LogP) is 4.03. The fourth-order valence-corrected chi connectivity index (χ4v) is 4.20. The highest BCUT2D eigenvalue weighted by molar-refractivity contribution is 8.18. The van der Waals surface area contributed by atoms with Gasteiger partial charge in [0.25, 0.3) is 11.1 Å². The Kier molecular flexibility index (Phi) is 7.11. The van der Waals surface area contributed by atoms with Gasteiger partial charge in [0.05, 0.1) is 23.1 Å². The van der Waals surface area contributed by atoms with Crippen molar-refractivity contribution in [2.24, 2.45) is 0 Å². The highest BCUT2D eigenvalue weighted by atomic mass is 32.2. The molecular weight excluding hydrogens is 504 g/mol. The van der Waals surface area contributed by atoms with Crippen LogP contribution in [0.15, 0.2) is 63.9 Å². The first-order chi connectivity index (χ1) is 17.6. The molecule has 4 rings (SSSR count). The maximum atomic E-state index is 12.8. The number of carbonyl (C=O) groups is 5. The Morgan fingerprint density at radius 3 is 2.24 bits per heavy atom. The van der Waals surface area contributed by atoms with Crippen LogP contribution in [0.1, 0.15) is 26.5 Å². The number of methoxy groups -OCH3 is 1. The molecule has 11 nitrogen and oxygen atoms in total. The van der Waals surface area contributed by atoms with Gasteiger partial charge >= 0.3 is 11.9 Å². The quantitative estimate of drug-likeness (QED) is 0.368. The molecule has 1 aliphatic rings. The van der Waals surface area contributed by atoms with Gasteiger partial charge in [-0.05, 0) is 66.4 Å². The van der Waals surface area contributed by atoms with Crippen LogP contribution in [0.25, 0.3) is 17.4 Å². The van der Waals surface area contributed by atoms with E-state index >= 15 is 0 Å². The lowest BCUT2D eigenvalue weighted by Gasteiger charge is -2.12. The Balaban J connectivity index is 1.48. The third-order valence-electron chi connectivity index (χ3n) is 5.16. The van der Waals surface area contributed by atoms with Crippen LogP contribution in [0.3, 0.4) is 0 Å². The highest BCUT2D eigenvalue weighted by Crippen LogP contribution is 2.33. The van der Waals surface area contributed by atoms with E-state index in [-0.39, 0.29) is 33.1 Å². The summed E-state index contributed by atoms with van der Waals surface area (Å²) in [5.41, 5.74) is 0.207. The van der Waals surface area contributed by atoms with Gasteiger partial charge < -0.3 is 24.7 Å². The van der Waals surface area contributed by atoms with Gasteiger partial charge in [0.15, 0.2) is 0 Å². The molecule has 2 heterocycles. The third kappa shape index (κ3) is 5.70. The second-order valence-electron chi connectivity index (χ2n) is 7.66. The number of amides is 3. The van der Waals surface area contributed by atoms with E-state index in [0.29, 0.717) is 23.2 Å². The molecule has 3 aromatic rings. The SMILES string of the molecule is COc1ccc(NC(=O)CN2C(=O)S/C(=C/c3ccc(-c4cc(C(=O)O)cc(C(=O)O)c4)o3)C2=O)cc1. The van der Waals surface area contributed by atoms with Crippen molar-refractivity contribution in [1.29, 1.82) is 0 Å². The van der Waals surface area contributed by atoms with E-state index in [1.54, 1.807) is 24.3 Å². The molecule has 0 aliphatic carbocycles. The smallest absolute Gasteiger partial charge is 0.335 e. The molecule has 1 saturated heterocycles. The average Bonchev–Trinajstić information content (AvgIpc) is 3.44. The van der Waals surface area contributed by atoms with Gasteiger partial charge in [-0.1, -0.05) is 0 Å². The Morgan fingerprint density at radius 1 is 1.00 bits per heavy atom. The molecular formula is C25H18N2O9S. The summed E-state index contributed by atoms with van der Waals surface area (Å²) in [4.78, 5) is 61.0. The van der Waals surface area contributed by atoms with Crippen molar-refractivity contribution in [2.75, 3.05) is 19.0 Å². The number of rotatable bonds is 8. The standard InChI is InChI=1S/C25H18N2O9S/c1-35-17-4-2-16(3-5-17)26-21(28)12-27-22(29)20(37-25(27)34)11-18-6-7-19(36-18)13-8-14(23(30)31)10-15(9-13)24(32)33/h2-11H,12H2,1H3,(H,26,28)(H,30,31)(H,32,33)/b20-11+. The summed E-state index contributed by atoms with van der Waals surface area (Å²) in [7, 11) is 1.51. The molecule has 3 amide bonds. The largest absolute Gasteiger partial charge is 0.497 e. The molecule has 37 heavy (non-hydrogen) atoms. The van der Waals surface area contributed by atoms with Crippen LogP contribution in [-0.4, -0.2) is 57.8 Å². The summed E-state index contributed by atoms with van der Waals surface area (Å²) in [6.45, 7) is -0.489. The minimum Gasteiger partial charge on any atom is -0.497 e. The number of hydrogen-bond donors (Lipinski definition) is 3. The van der Waals surface area contributed by atoms with Gasteiger partial charge in [-0.25, -0.2) is 9.59 Å². The van der Waals surface area contributed by atoms with Crippen LogP contribution in [0, 0.1) is 0 Å². The number of benzene rings is 2. The Labute approximate surface area is 213 Å². The summed E-state index contributed by atoms with van der Waals surface area (Å²) in [5, 5.41) is 20.5. The van der Waals surface area contributed by atoms with Gasteiger partial charge in [0.1, 0.15) is 23.8 Å². The van der Waals surface area contributed by atoms with Gasteiger partial charge in [-0.3, -0.25) is 19.3 Å². The van der Waals surface area contributed by atoms with Gasteiger partial charge in [-0.15, -0.1) is 0 Å². The number of thioether (sulfide) groups is 1. The van der Waals surface area contributed by atoms with E-state index < -0.39 is 35.5 Å². The summed E-state index contributed by atoms with van der Waals surface area (Å²) in [6, 6.07) is 13.0. The number of nitrogens with zero attached hydrogens (tertiary/aromatic N) is 1. The molecule has 12 heteroatoms. The molecule has 2 aromatic carbocycles. The zero-order valence-corrected chi connectivity index (χ0v) is 19.9. The third-order valence-corrected chi connectivity index (χ3v) is 6.07. The second-order valence-corrected chi connectivity index (χ2v) is 8.65. The first-order valence-electron chi connectivity index (χ1n) is 10.6. The van der Waals surface area contributed by atoms with Gasteiger partial charge in [0.2, 0.25) is 5.91 Å². The molecule has 0 atom stereocenters. The minimum absolute atomic E-state index is 0.0219. The van der Waals surface area contributed by atoms with E-state index in [9.17, 15) is 34.2 Å². The normalized spacial score (nSPS) is 14.2. The number of anilines is 1. The van der Waals surface area contributed by atoms with Crippen LogP contribution in [0.2, 0.25) is 0 Å². The van der Waals surface area contributed by atoms with Crippen molar-refractivity contribution in [3.63, 3.8) is 0 Å². The lowest BCUT2D eigenvalue weighted by Crippen LogP contribution is -2.36. The number of ether oxygens (including phenoxy) is 1. The number of carboxylic acids is 2. The zero-order chi connectivity index (χ0) is 26.7. The topological polar surface area (TPSA) is 163 Å². The molecule has 0 bridgehead atoms. The minimum atomic E-state index is -1.30. The Hall–Kier alpha value is -4.84. The molecule has 0 unspecified atom stereocenters. The molecule has 1 aromatic heterocycles. The summed E-state index contributed by atoms with van der Waals surface area (Å²) in [6.07, 6.45) is 1.31. The van der Waals surface area contributed by atoms with Crippen LogP contribution in [-0.2, 0) is 9.59 Å². The zero-order valence-electron chi connectivity index (χ0n) is 19.1. The predicted molar refractivity (Wildman–Crippen MR) is 132 cm³/mol. The summed E-state index contributed by atoms with van der Waals surface area (Å²) >= 11 is 0.634. The van der Waals surface area contributed by atoms with Crippen molar-refractivity contribution in [3.8, 4) is 17.1 Å². The fourth-order valence-electron chi connectivity index (χ4n) is 3.39. The molecule has 0 radical (unpaired) electrons. The van der Waals surface area contributed by atoms with E-state index in [0.717, 1.165) is 11.0 Å². The van der Waals surface area contributed by atoms with Gasteiger partial charge in [-0.2, -0.15) is 0 Å². The van der Waals surface area contributed by atoms with Crippen molar-refractivity contribution in [1.82, 2.24) is 4.90 Å². The van der Waals surface area contributed by atoms with E-state index in [4.69, 9.17) is 9.15 Å². The highest BCUT2D eigenvalue weighted by Gasteiger charge is 2.36. The number of carbonyl (C=O) groups excluding carboxylic acids is 3. The maximum absolute atomic E-state index is 12.8. The first-order valence-corrected chi connectivity index (χ1v) is 11.4. The van der Waals surface area contributed by atoms with E-state index in [2.05, 4.69) is 5.32 Å². The second kappa shape index (κ2) is 10.4. The lowest BCUT2D eigenvalue weighted by atomic mass is 10.0. The fraction of sp³-hybridized carbons (Fsp3) is 0.0800. The molecule has 1 fully saturated rings. The van der Waals surface area contributed by atoms with Crippen molar-refractivity contribution in [3.05, 3.63) is 76.4 Å². The average molecular weight is 522 g/mol. The molecule has 0 saturated carbocycles. The van der Waals surface area contributed by atoms with Crippen molar-refractivity contribution >= 4 is 52.5 Å². The summed E-state index contributed by atoms with van der Waals surface area (Å²) in [5.74, 6) is -2.93. The number of nitrogens with one attached hydrogen (secondary N) is 1. The van der Waals surface area contributed by atoms with Gasteiger partial charge in [0, 0.05) is 17.3 Å². The van der Waals surface area contributed by atoms with Crippen LogP contribution < -0.4 is 10.1 Å². The molecule has 3 N–H and O–H groups in total. The molecule has 1 aliphatic heterocycles. The number of imide groups is 1. The summed E-state index contributed by atoms with van der Waals surface area (Å²) < 4.78 is 10.7. The number of carboxylic acid groups (broad SMARTS) is 2. The van der Waals surface area contributed by atoms with Crippen LogP contribution in [0.5, 0.6) is 5.75 Å². The maximum Gasteiger partial charge on any atom is 0.335 e. The Morgan fingerprint density at radius 2 is 1.65 bits per heavy atom. The lowest BCUT2D eigenvalue weighted by molar-refractivity contribution is -0.127. The monoisotopic (exact) mass is 522 g/mol. The number of hydrogen-bond acceptors (Lipinski definition) is 8. The number of aromatic carboxylic acids is 2. The molecule has 188 valence electrons. The number of furan rings is 1. The van der Waals surface area contributed by atoms with Crippen LogP contribution in [0.4, 0.5) is 10.5 Å². The molecule has 0 spiro atoms.